The summed E-state index contributed by atoms with van der Waals surface area (Å²) in [4.78, 5) is 0. The molecule has 0 spiro atoms. The van der Waals surface area contributed by atoms with E-state index in [1.165, 1.54) is 0 Å². The van der Waals surface area contributed by atoms with E-state index in [2.05, 4.69) is 0 Å². The van der Waals surface area contributed by atoms with Crippen molar-refractivity contribution in [1.29, 1.82) is 0 Å². The summed E-state index contributed by atoms with van der Waals surface area (Å²) in [7, 11) is -2.93. The van der Waals surface area contributed by atoms with E-state index >= 15 is 0 Å². The first-order chi connectivity index (χ1) is 10.3. The largest absolute Gasteiger partial charge is 0.541 e. The zero-order valence-corrected chi connectivity index (χ0v) is 14.0. The number of para-hydroxylation sites is 1. The molecular formula is C15H24O5Si. The van der Waals surface area contributed by atoms with Gasteiger partial charge in [-0.1, -0.05) is 18.2 Å². The number of hydrogen-bond acceptors (Lipinski definition) is 5. The molecule has 1 aliphatic rings. The quantitative estimate of drug-likeness (QED) is 0.486. The summed E-state index contributed by atoms with van der Waals surface area (Å²) in [6, 6.07) is 7.79. The molecule has 0 aromatic heterocycles. The molecule has 1 aromatic rings. The fourth-order valence-electron chi connectivity index (χ4n) is 2.12. The Morgan fingerprint density at radius 1 is 1.05 bits per heavy atom. The van der Waals surface area contributed by atoms with Gasteiger partial charge in [0, 0.05) is 19.8 Å². The zero-order valence-electron chi connectivity index (χ0n) is 13.0. The molecule has 0 N–H and O–H groups in total. The van der Waals surface area contributed by atoms with Crippen molar-refractivity contribution in [2.75, 3.05) is 33.0 Å². The first-order valence-electron chi connectivity index (χ1n) is 7.51. The third-order valence-electron chi connectivity index (χ3n) is 3.05. The standard InChI is InChI=1S/C15H24O5Si/c1-4-18-21(19-5-2,20-6-3)15-10-8-7-9-14(15)17-12-13-11-16-13/h7-10,13H,4-6,11-12H2,1-3H3. The molecule has 1 aromatic carbocycles. The minimum Gasteiger partial charge on any atom is -0.491 e. The van der Waals surface area contributed by atoms with Crippen LogP contribution in [-0.4, -0.2) is 47.9 Å². The summed E-state index contributed by atoms with van der Waals surface area (Å²) in [5.41, 5.74) is 0. The summed E-state index contributed by atoms with van der Waals surface area (Å²) in [6.45, 7) is 8.76. The Labute approximate surface area is 127 Å². The van der Waals surface area contributed by atoms with Crippen molar-refractivity contribution in [2.24, 2.45) is 0 Å². The van der Waals surface area contributed by atoms with Gasteiger partial charge in [0.15, 0.2) is 0 Å². The first kappa shape index (κ1) is 16.4. The van der Waals surface area contributed by atoms with Gasteiger partial charge in [0.25, 0.3) is 0 Å². The van der Waals surface area contributed by atoms with E-state index in [-0.39, 0.29) is 6.10 Å². The molecule has 1 saturated heterocycles. The van der Waals surface area contributed by atoms with Gasteiger partial charge in [0.1, 0.15) is 18.5 Å². The molecule has 1 unspecified atom stereocenters. The molecule has 1 aliphatic heterocycles. The Morgan fingerprint density at radius 3 is 2.14 bits per heavy atom. The highest BCUT2D eigenvalue weighted by Gasteiger charge is 2.45. The zero-order chi connectivity index (χ0) is 15.1. The molecule has 0 saturated carbocycles. The van der Waals surface area contributed by atoms with Gasteiger partial charge in [-0.3, -0.25) is 0 Å². The fourth-order valence-corrected chi connectivity index (χ4v) is 4.74. The molecule has 21 heavy (non-hydrogen) atoms. The lowest BCUT2D eigenvalue weighted by Crippen LogP contribution is -2.57. The van der Waals surface area contributed by atoms with E-state index in [0.717, 1.165) is 17.5 Å². The van der Waals surface area contributed by atoms with E-state index in [1.54, 1.807) is 0 Å². The number of ether oxygens (including phenoxy) is 2. The van der Waals surface area contributed by atoms with Gasteiger partial charge in [-0.05, 0) is 26.8 Å². The van der Waals surface area contributed by atoms with Crippen LogP contribution in [0.3, 0.4) is 0 Å². The second-order valence-electron chi connectivity index (χ2n) is 4.62. The lowest BCUT2D eigenvalue weighted by atomic mass is 10.3. The van der Waals surface area contributed by atoms with E-state index in [4.69, 9.17) is 22.8 Å². The third-order valence-corrected chi connectivity index (χ3v) is 6.13. The van der Waals surface area contributed by atoms with Crippen LogP contribution in [-0.2, 0) is 18.0 Å². The molecule has 0 bridgehead atoms. The highest BCUT2D eigenvalue weighted by molar-refractivity contribution is 6.76. The van der Waals surface area contributed by atoms with Crippen LogP contribution in [0.1, 0.15) is 20.8 Å². The monoisotopic (exact) mass is 312 g/mol. The van der Waals surface area contributed by atoms with Gasteiger partial charge in [0.05, 0.1) is 11.8 Å². The SMILES string of the molecule is CCO[Si](OCC)(OCC)c1ccccc1OCC1CO1. The van der Waals surface area contributed by atoms with Crippen molar-refractivity contribution in [3.63, 3.8) is 0 Å². The lowest BCUT2D eigenvalue weighted by molar-refractivity contribution is 0.0851. The fraction of sp³-hybridized carbons (Fsp3) is 0.600. The number of epoxide rings is 1. The Bertz CT molecular complexity index is 419. The summed E-state index contributed by atoms with van der Waals surface area (Å²) in [6.07, 6.45) is 0.209. The molecule has 6 heteroatoms. The van der Waals surface area contributed by atoms with Crippen molar-refractivity contribution >= 4 is 14.0 Å². The Morgan fingerprint density at radius 2 is 1.62 bits per heavy atom. The smallest absolute Gasteiger partial charge is 0.491 e. The molecule has 1 fully saturated rings. The van der Waals surface area contributed by atoms with Crippen molar-refractivity contribution < 1.29 is 22.8 Å². The van der Waals surface area contributed by atoms with Gasteiger partial charge < -0.3 is 22.8 Å². The maximum atomic E-state index is 5.94. The molecular weight excluding hydrogens is 288 g/mol. The minimum atomic E-state index is -2.93. The van der Waals surface area contributed by atoms with Crippen molar-refractivity contribution in [2.45, 2.75) is 26.9 Å². The summed E-state index contributed by atoms with van der Waals surface area (Å²) in [5.74, 6) is 0.759. The van der Waals surface area contributed by atoms with E-state index in [1.807, 2.05) is 45.0 Å². The Hall–Kier alpha value is -0.923. The molecule has 0 amide bonds. The lowest BCUT2D eigenvalue weighted by Gasteiger charge is -2.29. The predicted octanol–water partition coefficient (Wildman–Crippen LogP) is 1.72. The van der Waals surface area contributed by atoms with Crippen LogP contribution < -0.4 is 9.92 Å². The minimum absolute atomic E-state index is 0.209. The average Bonchev–Trinajstić information content (AvgIpc) is 3.30. The topological polar surface area (TPSA) is 49.5 Å². The highest BCUT2D eigenvalue weighted by Crippen LogP contribution is 2.20. The Kier molecular flexibility index (Phi) is 6.19. The van der Waals surface area contributed by atoms with Crippen LogP contribution in [0, 0.1) is 0 Å². The second kappa shape index (κ2) is 7.91. The average molecular weight is 312 g/mol. The van der Waals surface area contributed by atoms with E-state index in [9.17, 15) is 0 Å². The Balaban J connectivity index is 2.27. The van der Waals surface area contributed by atoms with E-state index < -0.39 is 8.80 Å². The van der Waals surface area contributed by atoms with Crippen LogP contribution in [0.4, 0.5) is 0 Å². The van der Waals surface area contributed by atoms with E-state index in [0.29, 0.717) is 26.4 Å². The molecule has 2 rings (SSSR count). The third kappa shape index (κ3) is 4.27. The summed E-state index contributed by atoms with van der Waals surface area (Å²) in [5, 5.41) is 0.885. The van der Waals surface area contributed by atoms with Gasteiger partial charge in [-0.25, -0.2) is 0 Å². The predicted molar refractivity (Wildman–Crippen MR) is 81.9 cm³/mol. The van der Waals surface area contributed by atoms with Crippen LogP contribution in [0.25, 0.3) is 0 Å². The molecule has 118 valence electrons. The molecule has 5 nitrogen and oxygen atoms in total. The van der Waals surface area contributed by atoms with Crippen LogP contribution in [0.15, 0.2) is 24.3 Å². The number of benzene rings is 1. The van der Waals surface area contributed by atoms with Gasteiger partial charge in [-0.2, -0.15) is 0 Å². The van der Waals surface area contributed by atoms with Crippen molar-refractivity contribution in [1.82, 2.24) is 0 Å². The van der Waals surface area contributed by atoms with Gasteiger partial charge in [0.2, 0.25) is 0 Å². The second-order valence-corrected chi connectivity index (χ2v) is 7.13. The molecule has 1 atom stereocenters. The maximum absolute atomic E-state index is 5.94. The molecule has 0 radical (unpaired) electrons. The van der Waals surface area contributed by atoms with Gasteiger partial charge in [-0.15, -0.1) is 0 Å². The van der Waals surface area contributed by atoms with Gasteiger partial charge >= 0.3 is 8.80 Å². The number of rotatable bonds is 10. The summed E-state index contributed by atoms with van der Waals surface area (Å²) < 4.78 is 28.9. The summed E-state index contributed by atoms with van der Waals surface area (Å²) >= 11 is 0. The molecule has 1 heterocycles. The van der Waals surface area contributed by atoms with Crippen LogP contribution in [0.5, 0.6) is 5.75 Å². The van der Waals surface area contributed by atoms with Crippen LogP contribution >= 0.6 is 0 Å². The highest BCUT2D eigenvalue weighted by atomic mass is 28.4. The first-order valence-corrected chi connectivity index (χ1v) is 9.24. The van der Waals surface area contributed by atoms with Crippen molar-refractivity contribution in [3.8, 4) is 5.75 Å². The van der Waals surface area contributed by atoms with Crippen molar-refractivity contribution in [3.05, 3.63) is 24.3 Å². The number of hydrogen-bond donors (Lipinski definition) is 0. The molecule has 0 aliphatic carbocycles. The van der Waals surface area contributed by atoms with Crippen LogP contribution in [0.2, 0.25) is 0 Å². The maximum Gasteiger partial charge on any atom is 0.541 e. The normalized spacial score (nSPS) is 17.8.